The van der Waals surface area contributed by atoms with Crippen molar-refractivity contribution in [2.75, 3.05) is 7.11 Å². The number of hydrogen-bond acceptors (Lipinski definition) is 4. The Hall–Kier alpha value is -2.53. The van der Waals surface area contributed by atoms with Gasteiger partial charge in [0.05, 0.1) is 7.11 Å². The van der Waals surface area contributed by atoms with Gasteiger partial charge >= 0.3 is 12.1 Å². The Labute approximate surface area is 183 Å². The lowest BCUT2D eigenvalue weighted by atomic mass is 9.76. The van der Waals surface area contributed by atoms with Crippen LogP contribution in [0.4, 0.5) is 4.79 Å². The zero-order valence-electron chi connectivity index (χ0n) is 18.1. The van der Waals surface area contributed by atoms with Crippen LogP contribution >= 0.6 is 11.6 Å². The summed E-state index contributed by atoms with van der Waals surface area (Å²) in [6, 6.07) is 16.3. The van der Waals surface area contributed by atoms with E-state index in [1.807, 2.05) is 76.2 Å². The van der Waals surface area contributed by atoms with Gasteiger partial charge in [-0.05, 0) is 35.6 Å². The quantitative estimate of drug-likeness (QED) is 0.546. The maximum absolute atomic E-state index is 12.8. The Morgan fingerprint density at radius 2 is 1.73 bits per heavy atom. The van der Waals surface area contributed by atoms with Crippen LogP contribution in [0, 0.1) is 5.92 Å². The predicted octanol–water partition coefficient (Wildman–Crippen LogP) is 5.67. The molecule has 0 saturated carbocycles. The van der Waals surface area contributed by atoms with Crippen molar-refractivity contribution in [3.05, 3.63) is 70.7 Å². The third-order valence-corrected chi connectivity index (χ3v) is 5.27. The highest BCUT2D eigenvalue weighted by atomic mass is 35.5. The number of carbonyl (C=O) groups excluding carboxylic acids is 2. The summed E-state index contributed by atoms with van der Waals surface area (Å²) < 4.78 is 10.7. The maximum atomic E-state index is 12.8. The smallest absolute Gasteiger partial charge is 0.408 e. The van der Waals surface area contributed by atoms with Crippen molar-refractivity contribution in [3.63, 3.8) is 0 Å². The van der Waals surface area contributed by atoms with E-state index in [0.29, 0.717) is 11.4 Å². The summed E-state index contributed by atoms with van der Waals surface area (Å²) in [5, 5.41) is 3.28. The molecule has 0 aliphatic carbocycles. The first-order valence-corrected chi connectivity index (χ1v) is 10.4. The van der Waals surface area contributed by atoms with E-state index in [-0.39, 0.29) is 5.92 Å². The molecule has 162 valence electrons. The molecule has 2 unspecified atom stereocenters. The molecule has 2 aromatic carbocycles. The zero-order chi connectivity index (χ0) is 22.3. The van der Waals surface area contributed by atoms with E-state index >= 15 is 0 Å². The molecule has 2 rings (SSSR count). The summed E-state index contributed by atoms with van der Waals surface area (Å²) in [5.41, 5.74) is 1.20. The molecule has 2 atom stereocenters. The Bertz CT molecular complexity index is 851. The second kappa shape index (κ2) is 10.5. The molecule has 1 amide bonds. The summed E-state index contributed by atoms with van der Waals surface area (Å²) in [4.78, 5) is 24.9. The van der Waals surface area contributed by atoms with Gasteiger partial charge in [-0.1, -0.05) is 81.8 Å². The standard InChI is InChI=1S/C24H30ClNO4/c1-16(2)14-20(22(27)29-5)26-23(28)30-21(17-10-7-6-8-11-17)24(3,4)18-12-9-13-19(25)15-18/h6-13,15-16,20-21H,14H2,1-5H3,(H,26,28). The average Bonchev–Trinajstić information content (AvgIpc) is 2.71. The van der Waals surface area contributed by atoms with Gasteiger partial charge < -0.3 is 14.8 Å². The van der Waals surface area contributed by atoms with Crippen LogP contribution in [-0.4, -0.2) is 25.2 Å². The number of alkyl carbamates (subject to hydrolysis) is 1. The number of halogens is 1. The van der Waals surface area contributed by atoms with Crippen LogP contribution in [-0.2, 0) is 19.7 Å². The monoisotopic (exact) mass is 431 g/mol. The molecule has 0 bridgehead atoms. The van der Waals surface area contributed by atoms with Gasteiger partial charge in [0, 0.05) is 10.4 Å². The number of ether oxygens (including phenoxy) is 2. The van der Waals surface area contributed by atoms with Gasteiger partial charge in [-0.25, -0.2) is 9.59 Å². The third-order valence-electron chi connectivity index (χ3n) is 5.04. The van der Waals surface area contributed by atoms with Gasteiger partial charge in [-0.15, -0.1) is 0 Å². The van der Waals surface area contributed by atoms with E-state index in [9.17, 15) is 9.59 Å². The van der Waals surface area contributed by atoms with Crippen molar-refractivity contribution < 1.29 is 19.1 Å². The molecule has 0 radical (unpaired) electrons. The molecule has 2 aromatic rings. The number of amides is 1. The lowest BCUT2D eigenvalue weighted by Gasteiger charge is -2.35. The molecule has 0 heterocycles. The summed E-state index contributed by atoms with van der Waals surface area (Å²) in [7, 11) is 1.30. The zero-order valence-corrected chi connectivity index (χ0v) is 18.9. The first-order valence-electron chi connectivity index (χ1n) is 10.0. The lowest BCUT2D eigenvalue weighted by Crippen LogP contribution is -2.44. The third kappa shape index (κ3) is 6.23. The number of nitrogens with one attached hydrogen (secondary N) is 1. The van der Waals surface area contributed by atoms with Crippen LogP contribution in [0.25, 0.3) is 0 Å². The largest absolute Gasteiger partial charge is 0.467 e. The highest BCUT2D eigenvalue weighted by Crippen LogP contribution is 2.40. The van der Waals surface area contributed by atoms with Crippen LogP contribution in [0.5, 0.6) is 0 Å². The molecule has 0 aliphatic rings. The fourth-order valence-electron chi connectivity index (χ4n) is 3.41. The molecule has 1 N–H and O–H groups in total. The van der Waals surface area contributed by atoms with Crippen LogP contribution in [0.1, 0.15) is 51.3 Å². The van der Waals surface area contributed by atoms with E-state index in [1.54, 1.807) is 6.07 Å². The first-order chi connectivity index (χ1) is 14.1. The van der Waals surface area contributed by atoms with Crippen LogP contribution in [0.3, 0.4) is 0 Å². The number of hydrogen-bond donors (Lipinski definition) is 1. The molecule has 0 fully saturated rings. The number of methoxy groups -OCH3 is 1. The van der Waals surface area contributed by atoms with E-state index in [4.69, 9.17) is 21.1 Å². The van der Waals surface area contributed by atoms with Crippen LogP contribution < -0.4 is 5.32 Å². The van der Waals surface area contributed by atoms with Crippen molar-refractivity contribution >= 4 is 23.7 Å². The van der Waals surface area contributed by atoms with E-state index < -0.39 is 29.6 Å². The predicted molar refractivity (Wildman–Crippen MR) is 119 cm³/mol. The summed E-state index contributed by atoms with van der Waals surface area (Å²) in [5.74, 6) is -0.298. The average molecular weight is 432 g/mol. The number of carbonyl (C=O) groups is 2. The molecule has 5 nitrogen and oxygen atoms in total. The molecular formula is C24H30ClNO4. The first kappa shape index (κ1) is 23.7. The van der Waals surface area contributed by atoms with Crippen LogP contribution in [0.15, 0.2) is 54.6 Å². The Kier molecular flexibility index (Phi) is 8.30. The minimum absolute atomic E-state index is 0.197. The second-order valence-electron chi connectivity index (χ2n) is 8.28. The maximum Gasteiger partial charge on any atom is 0.408 e. The number of benzene rings is 2. The van der Waals surface area contributed by atoms with Crippen molar-refractivity contribution in [3.8, 4) is 0 Å². The van der Waals surface area contributed by atoms with Gasteiger partial charge in [0.15, 0.2) is 0 Å². The van der Waals surface area contributed by atoms with Crippen LogP contribution in [0.2, 0.25) is 5.02 Å². The highest BCUT2D eigenvalue weighted by molar-refractivity contribution is 6.30. The molecule has 0 aromatic heterocycles. The SMILES string of the molecule is COC(=O)C(CC(C)C)NC(=O)OC(c1ccccc1)C(C)(C)c1cccc(Cl)c1. The minimum Gasteiger partial charge on any atom is -0.467 e. The van der Waals surface area contributed by atoms with Gasteiger partial charge in [0.2, 0.25) is 0 Å². The normalized spacial score (nSPS) is 13.4. The topological polar surface area (TPSA) is 64.6 Å². The van der Waals surface area contributed by atoms with Gasteiger partial charge in [0.25, 0.3) is 0 Å². The molecule has 0 spiro atoms. The summed E-state index contributed by atoms with van der Waals surface area (Å²) in [6.45, 7) is 7.93. The highest BCUT2D eigenvalue weighted by Gasteiger charge is 2.37. The molecule has 6 heteroatoms. The van der Waals surface area contributed by atoms with Crippen molar-refractivity contribution in [2.24, 2.45) is 5.92 Å². The van der Waals surface area contributed by atoms with E-state index in [2.05, 4.69) is 5.32 Å². The van der Waals surface area contributed by atoms with E-state index in [1.165, 1.54) is 7.11 Å². The fourth-order valence-corrected chi connectivity index (χ4v) is 3.60. The Morgan fingerprint density at radius 1 is 1.07 bits per heavy atom. The lowest BCUT2D eigenvalue weighted by molar-refractivity contribution is -0.143. The summed E-state index contributed by atoms with van der Waals surface area (Å²) in [6.07, 6.45) is -0.820. The van der Waals surface area contributed by atoms with Crippen molar-refractivity contribution in [1.29, 1.82) is 0 Å². The number of rotatable bonds is 8. The van der Waals surface area contributed by atoms with Gasteiger partial charge in [0.1, 0.15) is 12.1 Å². The second-order valence-corrected chi connectivity index (χ2v) is 8.71. The van der Waals surface area contributed by atoms with Gasteiger partial charge in [-0.3, -0.25) is 0 Å². The summed E-state index contributed by atoms with van der Waals surface area (Å²) >= 11 is 6.20. The molecule has 0 aliphatic heterocycles. The van der Waals surface area contributed by atoms with E-state index in [0.717, 1.165) is 11.1 Å². The van der Waals surface area contributed by atoms with Crippen molar-refractivity contribution in [1.82, 2.24) is 5.32 Å². The Morgan fingerprint density at radius 3 is 2.30 bits per heavy atom. The minimum atomic E-state index is -0.770. The fraction of sp³-hybridized carbons (Fsp3) is 0.417. The van der Waals surface area contributed by atoms with Crippen molar-refractivity contribution in [2.45, 2.75) is 51.7 Å². The molecule has 0 saturated heterocycles. The Balaban J connectivity index is 2.32. The molecular weight excluding hydrogens is 402 g/mol. The molecule has 30 heavy (non-hydrogen) atoms. The van der Waals surface area contributed by atoms with Gasteiger partial charge in [-0.2, -0.15) is 0 Å². The number of esters is 1.